The van der Waals surface area contributed by atoms with Gasteiger partial charge in [0.2, 0.25) is 17.8 Å². The summed E-state index contributed by atoms with van der Waals surface area (Å²) >= 11 is 0. The minimum Gasteiger partial charge on any atom is -0.377 e. The lowest BCUT2D eigenvalue weighted by molar-refractivity contribution is 0.0519. The molecule has 10 nitrogen and oxygen atoms in total. The van der Waals surface area contributed by atoms with Crippen LogP contribution in [0.25, 0.3) is 0 Å². The summed E-state index contributed by atoms with van der Waals surface area (Å²) in [5.74, 6) is 1.57. The molecule has 1 aromatic heterocycles. The van der Waals surface area contributed by atoms with Crippen molar-refractivity contribution in [3.63, 3.8) is 0 Å². The van der Waals surface area contributed by atoms with E-state index in [0.29, 0.717) is 69.5 Å². The van der Waals surface area contributed by atoms with Gasteiger partial charge in [0, 0.05) is 38.3 Å². The molecular weight excluding hydrogens is 530 g/mol. The maximum absolute atomic E-state index is 12.0. The molecule has 4 aromatic rings. The van der Waals surface area contributed by atoms with Crippen LogP contribution in [0.1, 0.15) is 27.0 Å². The highest BCUT2D eigenvalue weighted by atomic mass is 16.5. The van der Waals surface area contributed by atoms with Gasteiger partial charge in [-0.2, -0.15) is 15.0 Å². The van der Waals surface area contributed by atoms with Gasteiger partial charge in [0.05, 0.1) is 26.4 Å². The zero-order valence-electron chi connectivity index (χ0n) is 23.7. The van der Waals surface area contributed by atoms with E-state index in [1.165, 1.54) is 11.1 Å². The third-order valence-electron chi connectivity index (χ3n) is 6.80. The molecule has 0 bridgehead atoms. The molecule has 0 radical (unpaired) electrons. The highest BCUT2D eigenvalue weighted by Crippen LogP contribution is 2.23. The Balaban J connectivity index is 1.06. The quantitative estimate of drug-likeness (QED) is 0.184. The van der Waals surface area contributed by atoms with Crippen LogP contribution in [0.4, 0.5) is 17.8 Å². The Morgan fingerprint density at radius 1 is 0.714 bits per heavy atom. The number of carbonyl (C=O) groups excluding carboxylic acids is 1. The average Bonchev–Trinajstić information content (AvgIpc) is 3.05. The van der Waals surface area contributed by atoms with Crippen LogP contribution in [0.2, 0.25) is 0 Å². The van der Waals surface area contributed by atoms with Crippen molar-refractivity contribution in [2.24, 2.45) is 0 Å². The number of nitrogens with one attached hydrogen (secondary N) is 3. The number of carbonyl (C=O) groups is 1. The van der Waals surface area contributed by atoms with Gasteiger partial charge in [0.1, 0.15) is 0 Å². The van der Waals surface area contributed by atoms with Crippen LogP contribution in [-0.2, 0) is 29.0 Å². The summed E-state index contributed by atoms with van der Waals surface area (Å²) in [7, 11) is 0. The Morgan fingerprint density at radius 3 is 2.12 bits per heavy atom. The van der Waals surface area contributed by atoms with Gasteiger partial charge in [-0.3, -0.25) is 4.79 Å². The SMILES string of the molecule is O=C(NCCOCCOCCNc1nc(NCc2ccccc2)nc(N2CCc3ccccc3C2)n1)c1ccccc1. The number of amides is 1. The fraction of sp³-hybridized carbons (Fsp3) is 0.312. The molecule has 218 valence electrons. The summed E-state index contributed by atoms with van der Waals surface area (Å²) in [5, 5.41) is 9.47. The topological polar surface area (TPSA) is 114 Å². The molecule has 2 heterocycles. The predicted octanol–water partition coefficient (Wildman–Crippen LogP) is 3.92. The monoisotopic (exact) mass is 567 g/mol. The van der Waals surface area contributed by atoms with E-state index in [4.69, 9.17) is 19.4 Å². The van der Waals surface area contributed by atoms with Crippen LogP contribution in [0.5, 0.6) is 0 Å². The van der Waals surface area contributed by atoms with E-state index in [1.807, 2.05) is 36.4 Å². The van der Waals surface area contributed by atoms with Crippen molar-refractivity contribution in [2.75, 3.05) is 61.6 Å². The molecule has 3 aromatic carbocycles. The molecule has 42 heavy (non-hydrogen) atoms. The molecular formula is C32H37N7O3. The molecule has 0 saturated carbocycles. The molecule has 0 fully saturated rings. The highest BCUT2D eigenvalue weighted by Gasteiger charge is 2.20. The van der Waals surface area contributed by atoms with Crippen molar-refractivity contribution in [1.82, 2.24) is 20.3 Å². The van der Waals surface area contributed by atoms with E-state index in [2.05, 4.69) is 62.2 Å². The first kappa shape index (κ1) is 29.0. The minimum absolute atomic E-state index is 0.105. The third kappa shape index (κ3) is 8.73. The molecule has 10 heteroatoms. The van der Waals surface area contributed by atoms with Crippen molar-refractivity contribution in [2.45, 2.75) is 19.5 Å². The Kier molecular flexibility index (Phi) is 10.7. The van der Waals surface area contributed by atoms with E-state index in [1.54, 1.807) is 12.1 Å². The molecule has 0 saturated heterocycles. The standard InChI is InChI=1S/C32H37N7O3/c40-29(27-12-5-2-6-13-27)33-16-19-41-21-22-42-20-17-34-30-36-31(35-23-25-9-3-1-4-10-25)38-32(37-30)39-18-15-26-11-7-8-14-28(26)24-39/h1-14H,15-24H2,(H,33,40)(H2,34,35,36,37,38). The zero-order valence-corrected chi connectivity index (χ0v) is 23.7. The van der Waals surface area contributed by atoms with Gasteiger partial charge in [0.25, 0.3) is 5.91 Å². The first-order valence-electron chi connectivity index (χ1n) is 14.3. The third-order valence-corrected chi connectivity index (χ3v) is 6.80. The van der Waals surface area contributed by atoms with E-state index in [9.17, 15) is 4.79 Å². The van der Waals surface area contributed by atoms with E-state index < -0.39 is 0 Å². The summed E-state index contributed by atoms with van der Waals surface area (Å²) in [6.07, 6.45) is 0.951. The minimum atomic E-state index is -0.105. The van der Waals surface area contributed by atoms with Crippen LogP contribution >= 0.6 is 0 Å². The van der Waals surface area contributed by atoms with Crippen LogP contribution in [0.3, 0.4) is 0 Å². The molecule has 0 atom stereocenters. The van der Waals surface area contributed by atoms with Crippen LogP contribution in [-0.4, -0.2) is 66.9 Å². The number of aromatic nitrogens is 3. The van der Waals surface area contributed by atoms with Crippen LogP contribution < -0.4 is 20.9 Å². The van der Waals surface area contributed by atoms with Crippen molar-refractivity contribution in [3.8, 4) is 0 Å². The smallest absolute Gasteiger partial charge is 0.251 e. The van der Waals surface area contributed by atoms with Crippen molar-refractivity contribution in [3.05, 3.63) is 107 Å². The van der Waals surface area contributed by atoms with E-state index >= 15 is 0 Å². The average molecular weight is 568 g/mol. The van der Waals surface area contributed by atoms with Crippen LogP contribution in [0, 0.1) is 0 Å². The van der Waals surface area contributed by atoms with Gasteiger partial charge in [0.15, 0.2) is 0 Å². The summed E-state index contributed by atoms with van der Waals surface area (Å²) in [4.78, 5) is 28.3. The first-order chi connectivity index (χ1) is 20.7. The molecule has 1 amide bonds. The number of anilines is 3. The fourth-order valence-corrected chi connectivity index (χ4v) is 4.59. The number of benzene rings is 3. The summed E-state index contributed by atoms with van der Waals surface area (Å²) < 4.78 is 11.3. The molecule has 0 aliphatic carbocycles. The van der Waals surface area contributed by atoms with Crippen molar-refractivity contribution < 1.29 is 14.3 Å². The summed E-state index contributed by atoms with van der Waals surface area (Å²) in [6, 6.07) is 27.8. The number of rotatable bonds is 15. The van der Waals surface area contributed by atoms with Gasteiger partial charge < -0.3 is 30.3 Å². The second kappa shape index (κ2) is 15.5. The number of hydrogen-bond acceptors (Lipinski definition) is 9. The molecule has 1 aliphatic rings. The van der Waals surface area contributed by atoms with Crippen molar-refractivity contribution >= 4 is 23.8 Å². The van der Waals surface area contributed by atoms with Gasteiger partial charge in [-0.05, 0) is 35.2 Å². The van der Waals surface area contributed by atoms with Crippen LogP contribution in [0.15, 0.2) is 84.9 Å². The summed E-state index contributed by atoms with van der Waals surface area (Å²) in [5.41, 5.74) is 4.46. The Morgan fingerprint density at radius 2 is 1.36 bits per heavy atom. The largest absolute Gasteiger partial charge is 0.377 e. The Hall–Kier alpha value is -4.54. The lowest BCUT2D eigenvalue weighted by Crippen LogP contribution is -2.32. The normalized spacial score (nSPS) is 12.4. The number of nitrogens with zero attached hydrogens (tertiary/aromatic N) is 4. The van der Waals surface area contributed by atoms with E-state index in [-0.39, 0.29) is 5.91 Å². The summed E-state index contributed by atoms with van der Waals surface area (Å²) in [6.45, 7) is 5.00. The van der Waals surface area contributed by atoms with Crippen molar-refractivity contribution in [1.29, 1.82) is 0 Å². The number of fused-ring (bicyclic) bond motifs is 1. The van der Waals surface area contributed by atoms with E-state index in [0.717, 1.165) is 25.1 Å². The lowest BCUT2D eigenvalue weighted by Gasteiger charge is -2.29. The maximum Gasteiger partial charge on any atom is 0.251 e. The number of ether oxygens (including phenoxy) is 2. The molecule has 3 N–H and O–H groups in total. The fourth-order valence-electron chi connectivity index (χ4n) is 4.59. The lowest BCUT2D eigenvalue weighted by atomic mass is 10.0. The van der Waals surface area contributed by atoms with Gasteiger partial charge in [-0.25, -0.2) is 0 Å². The molecule has 1 aliphatic heterocycles. The van der Waals surface area contributed by atoms with Gasteiger partial charge in [-0.15, -0.1) is 0 Å². The van der Waals surface area contributed by atoms with Gasteiger partial charge in [-0.1, -0.05) is 72.8 Å². The second-order valence-electron chi connectivity index (χ2n) is 9.84. The van der Waals surface area contributed by atoms with Gasteiger partial charge >= 0.3 is 0 Å². The molecule has 0 unspecified atom stereocenters. The zero-order chi connectivity index (χ0) is 28.8. The highest BCUT2D eigenvalue weighted by molar-refractivity contribution is 5.94. The predicted molar refractivity (Wildman–Crippen MR) is 164 cm³/mol. The molecule has 0 spiro atoms. The number of hydrogen-bond donors (Lipinski definition) is 3. The second-order valence-corrected chi connectivity index (χ2v) is 9.84. The maximum atomic E-state index is 12.0. The first-order valence-corrected chi connectivity index (χ1v) is 14.3. The molecule has 5 rings (SSSR count). The Bertz CT molecular complexity index is 1410. The Labute approximate surface area is 246 Å².